The third kappa shape index (κ3) is 7.57. The molecule has 6 fully saturated rings. The number of aliphatic hydroxyl groups is 7. The number of aromatic hydroxyl groups is 1. The van der Waals surface area contributed by atoms with E-state index in [1.54, 1.807) is 0 Å². The Morgan fingerprint density at radius 2 is 1.63 bits per heavy atom. The fourth-order valence-corrected chi connectivity index (χ4v) is 12.0. The molecule has 2 aliphatic heterocycles. The van der Waals surface area contributed by atoms with Gasteiger partial charge in [0.25, 0.3) is 0 Å². The molecule has 2 saturated heterocycles. The van der Waals surface area contributed by atoms with Gasteiger partial charge in [0.1, 0.15) is 43.4 Å². The van der Waals surface area contributed by atoms with Gasteiger partial charge in [-0.1, -0.05) is 13.8 Å². The Bertz CT molecular complexity index is 1720. The van der Waals surface area contributed by atoms with Gasteiger partial charge in [0, 0.05) is 6.08 Å². The SMILES string of the molecule is COc1cc(C=CC(=O)OCC2(O)COC(OCC3OC(OC4CCC5(C)C6CCC7CC6(CCC5C4(C)C=O)CC7(O)CO)C(O)C(O)C3O)C2O)cc(OC)c1O. The Balaban J connectivity index is 0.951. The van der Waals surface area contributed by atoms with E-state index in [0.29, 0.717) is 18.4 Å². The first-order valence-corrected chi connectivity index (χ1v) is 20.5. The van der Waals surface area contributed by atoms with Crippen molar-refractivity contribution in [1.82, 2.24) is 0 Å². The molecule has 330 valence electrons. The molecule has 1 aromatic carbocycles. The van der Waals surface area contributed by atoms with E-state index in [4.69, 9.17) is 33.2 Å². The zero-order valence-corrected chi connectivity index (χ0v) is 34.0. The lowest BCUT2D eigenvalue weighted by atomic mass is 9.40. The number of methoxy groups -OCH3 is 2. The summed E-state index contributed by atoms with van der Waals surface area (Å²) in [5.74, 6) is -0.614. The lowest BCUT2D eigenvalue weighted by Gasteiger charge is -2.64. The van der Waals surface area contributed by atoms with Crippen LogP contribution in [0, 0.1) is 34.0 Å². The highest BCUT2D eigenvalue weighted by atomic mass is 16.7. The van der Waals surface area contributed by atoms with E-state index in [0.717, 1.165) is 50.9 Å². The maximum atomic E-state index is 13.2. The molecule has 16 unspecified atom stereocenters. The molecule has 0 amide bonds. The minimum absolute atomic E-state index is 0.0629. The predicted molar refractivity (Wildman–Crippen MR) is 204 cm³/mol. The summed E-state index contributed by atoms with van der Waals surface area (Å²) in [4.78, 5) is 25.7. The molecule has 2 bridgehead atoms. The van der Waals surface area contributed by atoms with Crippen molar-refractivity contribution >= 4 is 18.3 Å². The molecule has 0 aromatic heterocycles. The fourth-order valence-electron chi connectivity index (χ4n) is 12.0. The molecule has 17 nitrogen and oxygen atoms in total. The van der Waals surface area contributed by atoms with E-state index in [2.05, 4.69) is 6.92 Å². The minimum Gasteiger partial charge on any atom is -0.502 e. The van der Waals surface area contributed by atoms with Crippen molar-refractivity contribution in [3.63, 3.8) is 0 Å². The quantitative estimate of drug-likeness (QED) is 0.0585. The van der Waals surface area contributed by atoms with Crippen LogP contribution in [0.5, 0.6) is 17.2 Å². The van der Waals surface area contributed by atoms with Crippen LogP contribution in [-0.2, 0) is 33.3 Å². The summed E-state index contributed by atoms with van der Waals surface area (Å²) in [6, 6.07) is 2.93. The molecule has 4 aliphatic carbocycles. The van der Waals surface area contributed by atoms with Gasteiger partial charge < -0.3 is 78.8 Å². The summed E-state index contributed by atoms with van der Waals surface area (Å²) in [5, 5.41) is 86.4. The summed E-state index contributed by atoms with van der Waals surface area (Å²) >= 11 is 0. The van der Waals surface area contributed by atoms with Crippen molar-refractivity contribution in [2.75, 3.05) is 40.6 Å². The number of carbonyl (C=O) groups excluding carboxylic acids is 2. The van der Waals surface area contributed by atoms with E-state index in [1.165, 1.54) is 32.4 Å². The Labute approximate surface area is 342 Å². The van der Waals surface area contributed by atoms with E-state index < -0.39 is 91.6 Å². The number of phenolic OH excluding ortho intramolecular Hbond substituents is 1. The number of carbonyl (C=O) groups is 2. The van der Waals surface area contributed by atoms with Crippen LogP contribution in [0.4, 0.5) is 0 Å². The number of fused-ring (bicyclic) bond motifs is 3. The molecule has 1 aromatic rings. The topological polar surface area (TPSA) is 261 Å². The molecular formula is C42H60O17. The second-order valence-corrected chi connectivity index (χ2v) is 18.4. The van der Waals surface area contributed by atoms with Gasteiger partial charge in [0.05, 0.1) is 51.2 Å². The number of esters is 1. The maximum absolute atomic E-state index is 13.2. The van der Waals surface area contributed by atoms with Crippen LogP contribution in [0.15, 0.2) is 18.2 Å². The highest BCUT2D eigenvalue weighted by Gasteiger charge is 2.69. The summed E-state index contributed by atoms with van der Waals surface area (Å²) in [7, 11) is 2.71. The zero-order valence-electron chi connectivity index (χ0n) is 34.0. The average Bonchev–Trinajstić information content (AvgIpc) is 3.63. The Kier molecular flexibility index (Phi) is 12.3. The van der Waals surface area contributed by atoms with Gasteiger partial charge in [0.2, 0.25) is 5.75 Å². The molecule has 1 spiro atoms. The van der Waals surface area contributed by atoms with Crippen molar-refractivity contribution in [2.45, 2.75) is 126 Å². The lowest BCUT2D eigenvalue weighted by Crippen LogP contribution is -2.64. The summed E-state index contributed by atoms with van der Waals surface area (Å²) in [6.07, 6.45) is -2.46. The van der Waals surface area contributed by atoms with Crippen LogP contribution in [0.25, 0.3) is 6.08 Å². The average molecular weight is 837 g/mol. The van der Waals surface area contributed by atoms with Crippen LogP contribution >= 0.6 is 0 Å². The second kappa shape index (κ2) is 16.4. The highest BCUT2D eigenvalue weighted by molar-refractivity contribution is 5.87. The number of aldehydes is 1. The van der Waals surface area contributed by atoms with Gasteiger partial charge in [0.15, 0.2) is 29.7 Å². The molecule has 7 rings (SSSR count). The lowest BCUT2D eigenvalue weighted by molar-refractivity contribution is -0.332. The van der Waals surface area contributed by atoms with Crippen molar-refractivity contribution in [3.8, 4) is 17.2 Å². The second-order valence-electron chi connectivity index (χ2n) is 18.4. The number of hydrogen-bond acceptors (Lipinski definition) is 17. The Morgan fingerprint density at radius 1 is 0.915 bits per heavy atom. The third-order valence-corrected chi connectivity index (χ3v) is 15.1. The predicted octanol–water partition coefficient (Wildman–Crippen LogP) is 0.569. The van der Waals surface area contributed by atoms with Crippen molar-refractivity contribution in [2.24, 2.45) is 34.0 Å². The molecule has 2 heterocycles. The number of aliphatic hydroxyl groups excluding tert-OH is 5. The van der Waals surface area contributed by atoms with Gasteiger partial charge in [-0.25, -0.2) is 4.79 Å². The van der Waals surface area contributed by atoms with Gasteiger partial charge >= 0.3 is 5.97 Å². The normalized spacial score (nSPS) is 45.4. The van der Waals surface area contributed by atoms with Crippen molar-refractivity contribution < 1.29 is 83.6 Å². The molecule has 16 atom stereocenters. The summed E-state index contributed by atoms with van der Waals surface area (Å²) < 4.78 is 39.0. The van der Waals surface area contributed by atoms with Crippen LogP contribution in [0.2, 0.25) is 0 Å². The van der Waals surface area contributed by atoms with Gasteiger partial charge in [-0.15, -0.1) is 0 Å². The smallest absolute Gasteiger partial charge is 0.330 e. The van der Waals surface area contributed by atoms with Gasteiger partial charge in [-0.2, -0.15) is 0 Å². The molecule has 4 saturated carbocycles. The molecule has 8 N–H and O–H groups in total. The fraction of sp³-hybridized carbons (Fsp3) is 0.762. The molecule has 17 heteroatoms. The number of ether oxygens (including phenoxy) is 7. The van der Waals surface area contributed by atoms with E-state index in [-0.39, 0.29) is 52.4 Å². The maximum Gasteiger partial charge on any atom is 0.330 e. The molecular weight excluding hydrogens is 776 g/mol. The monoisotopic (exact) mass is 836 g/mol. The number of benzene rings is 1. The van der Waals surface area contributed by atoms with Crippen molar-refractivity contribution in [1.29, 1.82) is 0 Å². The van der Waals surface area contributed by atoms with Crippen LogP contribution in [0.3, 0.4) is 0 Å². The highest BCUT2D eigenvalue weighted by Crippen LogP contribution is 2.73. The molecule has 6 aliphatic rings. The Morgan fingerprint density at radius 3 is 2.29 bits per heavy atom. The molecule has 0 radical (unpaired) electrons. The zero-order chi connectivity index (χ0) is 42.7. The first kappa shape index (κ1) is 44.1. The van der Waals surface area contributed by atoms with E-state index >= 15 is 0 Å². The van der Waals surface area contributed by atoms with Crippen LogP contribution in [0.1, 0.15) is 70.8 Å². The van der Waals surface area contributed by atoms with Crippen LogP contribution < -0.4 is 9.47 Å². The minimum atomic E-state index is -2.07. The third-order valence-electron chi connectivity index (χ3n) is 15.1. The number of phenols is 1. The largest absolute Gasteiger partial charge is 0.502 e. The summed E-state index contributed by atoms with van der Waals surface area (Å²) in [5.41, 5.74) is -4.05. The van der Waals surface area contributed by atoms with Gasteiger partial charge in [-0.05, 0) is 104 Å². The Hall–Kier alpha value is -2.94. The first-order valence-electron chi connectivity index (χ1n) is 20.5. The van der Waals surface area contributed by atoms with Crippen LogP contribution in [-0.4, -0.2) is 154 Å². The number of rotatable bonds is 13. The summed E-state index contributed by atoms with van der Waals surface area (Å²) in [6.45, 7) is 2.22. The van der Waals surface area contributed by atoms with E-state index in [1.807, 2.05) is 6.92 Å². The molecule has 59 heavy (non-hydrogen) atoms. The van der Waals surface area contributed by atoms with E-state index in [9.17, 15) is 50.4 Å². The standard InChI is InChI=1S/C42H60O17/c1-38-11-10-29(39(2,18-43)27(38)9-12-40-15-23(6-7-28(38)40)41(51,17-40)19-44)59-36-34(49)33(48)32(47)26(58-36)16-55-37-35(50)42(52,21-57-37)20-56-30(45)8-5-22-13-24(53-3)31(46)25(14-22)54-4/h5,8,13-14,18,23,26-29,32-37,44,46-52H,6-7,9-12,15-17,19-21H2,1-4H3. The van der Waals surface area contributed by atoms with Crippen molar-refractivity contribution in [3.05, 3.63) is 23.8 Å². The number of hydrogen-bond donors (Lipinski definition) is 8. The first-order chi connectivity index (χ1) is 27.9. The van der Waals surface area contributed by atoms with Gasteiger partial charge in [-0.3, -0.25) is 0 Å².